The lowest BCUT2D eigenvalue weighted by Gasteiger charge is -2.00. The second kappa shape index (κ2) is 7.28. The first-order valence-corrected chi connectivity index (χ1v) is 11.5. The Morgan fingerprint density at radius 3 is 1.96 bits per heavy atom. The van der Waals surface area contributed by atoms with Gasteiger partial charge in [-0.05, 0) is 60.0 Å². The highest BCUT2D eigenvalue weighted by Crippen LogP contribution is 2.35. The number of para-hydroxylation sites is 2. The first-order valence-electron chi connectivity index (χ1n) is 7.78. The van der Waals surface area contributed by atoms with Gasteiger partial charge in [0.1, 0.15) is 0 Å². The third kappa shape index (κ3) is 3.76. The molecule has 5 nitrogen and oxygen atoms in total. The normalized spacial score (nSPS) is 11.4. The lowest BCUT2D eigenvalue weighted by atomic mass is 10.3. The zero-order valence-electron chi connectivity index (χ0n) is 13.4. The van der Waals surface area contributed by atoms with Gasteiger partial charge in [0.15, 0.2) is 19.0 Å². The summed E-state index contributed by atoms with van der Waals surface area (Å²) in [6.07, 6.45) is 0. The standard InChI is InChI=1S/C17H9N5S5/c23-13-20-14(26-16-18-9-5-1-3-7-11(9)24-16)22-15(21-13)27-17-19-10-6-2-4-8-12(10)25-17/h1-8H,(H,20,21,22,23). The Bertz CT molecular complexity index is 1160. The van der Waals surface area contributed by atoms with Crippen LogP contribution in [0.3, 0.4) is 0 Å². The van der Waals surface area contributed by atoms with Crippen molar-refractivity contribution in [2.24, 2.45) is 0 Å². The molecule has 0 unspecified atom stereocenters. The molecule has 5 aromatic rings. The smallest absolute Gasteiger partial charge is 0.201 e. The molecule has 0 bridgehead atoms. The fourth-order valence-corrected chi connectivity index (χ4v) is 6.64. The Kier molecular flexibility index (Phi) is 4.66. The van der Waals surface area contributed by atoms with Crippen molar-refractivity contribution >= 4 is 78.8 Å². The molecule has 2 aromatic carbocycles. The number of aromatic nitrogens is 5. The van der Waals surface area contributed by atoms with E-state index in [1.54, 1.807) is 22.7 Å². The van der Waals surface area contributed by atoms with Crippen molar-refractivity contribution in [2.45, 2.75) is 19.0 Å². The van der Waals surface area contributed by atoms with Gasteiger partial charge in [-0.2, -0.15) is 9.97 Å². The summed E-state index contributed by atoms with van der Waals surface area (Å²) in [5.74, 6) is 0. The number of nitrogens with zero attached hydrogens (tertiary/aromatic N) is 4. The van der Waals surface area contributed by atoms with E-state index in [-0.39, 0.29) is 0 Å². The molecule has 0 radical (unpaired) electrons. The lowest BCUT2D eigenvalue weighted by Crippen LogP contribution is -1.94. The molecule has 0 atom stereocenters. The summed E-state index contributed by atoms with van der Waals surface area (Å²) in [5.41, 5.74) is 1.97. The van der Waals surface area contributed by atoms with Gasteiger partial charge in [0.25, 0.3) is 0 Å². The van der Waals surface area contributed by atoms with Crippen LogP contribution in [-0.2, 0) is 0 Å². The molecule has 0 aliphatic rings. The maximum atomic E-state index is 5.28. The topological polar surface area (TPSA) is 67.3 Å². The molecule has 0 saturated heterocycles. The Labute approximate surface area is 175 Å². The van der Waals surface area contributed by atoms with Gasteiger partial charge in [0.2, 0.25) is 4.77 Å². The van der Waals surface area contributed by atoms with Crippen molar-refractivity contribution in [3.8, 4) is 0 Å². The van der Waals surface area contributed by atoms with Crippen molar-refractivity contribution in [1.29, 1.82) is 0 Å². The Morgan fingerprint density at radius 1 is 0.741 bits per heavy atom. The van der Waals surface area contributed by atoms with E-state index in [9.17, 15) is 0 Å². The Balaban J connectivity index is 1.44. The summed E-state index contributed by atoms with van der Waals surface area (Å²) < 4.78 is 4.50. The third-order valence-electron chi connectivity index (χ3n) is 3.52. The minimum atomic E-state index is 0.400. The Hall–Kier alpha value is -1.85. The maximum Gasteiger partial charge on any atom is 0.201 e. The van der Waals surface area contributed by atoms with Gasteiger partial charge in [-0.1, -0.05) is 24.3 Å². The summed E-state index contributed by atoms with van der Waals surface area (Å²) in [4.78, 5) is 21.2. The van der Waals surface area contributed by atoms with Gasteiger partial charge < -0.3 is 4.98 Å². The summed E-state index contributed by atoms with van der Waals surface area (Å²) >= 11 is 11.4. The summed E-state index contributed by atoms with van der Waals surface area (Å²) in [5, 5.41) is 1.26. The van der Waals surface area contributed by atoms with Crippen LogP contribution in [0.2, 0.25) is 0 Å². The van der Waals surface area contributed by atoms with Crippen LogP contribution in [0.15, 0.2) is 67.5 Å². The first-order chi connectivity index (χ1) is 13.2. The summed E-state index contributed by atoms with van der Waals surface area (Å²) in [6.45, 7) is 0. The molecule has 5 rings (SSSR count). The van der Waals surface area contributed by atoms with E-state index in [2.05, 4.69) is 37.1 Å². The monoisotopic (exact) mass is 443 g/mol. The number of benzene rings is 2. The predicted molar refractivity (Wildman–Crippen MR) is 115 cm³/mol. The highest BCUT2D eigenvalue weighted by Gasteiger charge is 2.11. The first kappa shape index (κ1) is 17.3. The van der Waals surface area contributed by atoms with Crippen LogP contribution in [0.4, 0.5) is 0 Å². The van der Waals surface area contributed by atoms with Crippen molar-refractivity contribution in [2.75, 3.05) is 0 Å². The van der Waals surface area contributed by atoms with Crippen LogP contribution in [0.1, 0.15) is 0 Å². The molecule has 1 N–H and O–H groups in total. The molecule has 3 heterocycles. The fourth-order valence-electron chi connectivity index (χ4n) is 2.39. The molecule has 3 aromatic heterocycles. The largest absolute Gasteiger partial charge is 0.310 e. The average molecular weight is 444 g/mol. The molecule has 0 aliphatic carbocycles. The van der Waals surface area contributed by atoms with E-state index in [4.69, 9.17) is 12.2 Å². The molecule has 0 fully saturated rings. The number of hydrogen-bond donors (Lipinski definition) is 1. The van der Waals surface area contributed by atoms with Crippen molar-refractivity contribution < 1.29 is 0 Å². The van der Waals surface area contributed by atoms with E-state index >= 15 is 0 Å². The number of fused-ring (bicyclic) bond motifs is 2. The minimum absolute atomic E-state index is 0.400. The second-order valence-electron chi connectivity index (χ2n) is 5.34. The molecule has 132 valence electrons. The number of hydrogen-bond acceptors (Lipinski definition) is 9. The quantitative estimate of drug-likeness (QED) is 0.339. The van der Waals surface area contributed by atoms with E-state index in [1.165, 1.54) is 23.5 Å². The molecule has 27 heavy (non-hydrogen) atoms. The highest BCUT2D eigenvalue weighted by atomic mass is 32.2. The average Bonchev–Trinajstić information content (AvgIpc) is 3.23. The van der Waals surface area contributed by atoms with Gasteiger partial charge in [-0.15, -0.1) is 22.7 Å². The number of thiazole rings is 2. The highest BCUT2D eigenvalue weighted by molar-refractivity contribution is 8.01. The van der Waals surface area contributed by atoms with Crippen LogP contribution in [0.5, 0.6) is 0 Å². The van der Waals surface area contributed by atoms with Gasteiger partial charge in [-0.3, -0.25) is 0 Å². The second-order valence-corrected chi connectivity index (χ2v) is 10.2. The number of H-pyrrole nitrogens is 1. The van der Waals surface area contributed by atoms with E-state index in [0.717, 1.165) is 29.1 Å². The van der Waals surface area contributed by atoms with Crippen molar-refractivity contribution in [1.82, 2.24) is 24.9 Å². The zero-order chi connectivity index (χ0) is 18.2. The van der Waals surface area contributed by atoms with Gasteiger partial charge in [0.05, 0.1) is 20.4 Å². The summed E-state index contributed by atoms with van der Waals surface area (Å²) in [7, 11) is 0. The van der Waals surface area contributed by atoms with Crippen LogP contribution in [-0.4, -0.2) is 24.9 Å². The Morgan fingerprint density at radius 2 is 1.33 bits per heavy atom. The van der Waals surface area contributed by atoms with Crippen LogP contribution in [0, 0.1) is 4.77 Å². The third-order valence-corrected chi connectivity index (χ3v) is 7.66. The predicted octanol–water partition coefficient (Wildman–Crippen LogP) is 6.06. The summed E-state index contributed by atoms with van der Waals surface area (Å²) in [6, 6.07) is 16.1. The van der Waals surface area contributed by atoms with Crippen LogP contribution >= 0.6 is 58.4 Å². The molecule has 10 heteroatoms. The fraction of sp³-hybridized carbons (Fsp3) is 0. The SMILES string of the molecule is S=c1nc(Sc2nc3ccccc3s2)nc(Sc2nc3ccccc3s2)[nH]1. The molecule has 0 amide bonds. The number of aromatic amines is 1. The zero-order valence-corrected chi connectivity index (χ0v) is 17.5. The van der Waals surface area contributed by atoms with Crippen LogP contribution in [0.25, 0.3) is 20.4 Å². The van der Waals surface area contributed by atoms with Gasteiger partial charge >= 0.3 is 0 Å². The van der Waals surface area contributed by atoms with E-state index in [0.29, 0.717) is 15.1 Å². The molecular formula is C17H9N5S5. The molecule has 0 saturated carbocycles. The number of nitrogens with one attached hydrogen (secondary N) is 1. The van der Waals surface area contributed by atoms with Crippen molar-refractivity contribution in [3.05, 3.63) is 53.3 Å². The maximum absolute atomic E-state index is 5.28. The minimum Gasteiger partial charge on any atom is -0.310 e. The lowest BCUT2D eigenvalue weighted by molar-refractivity contribution is 0.787. The van der Waals surface area contributed by atoms with Crippen molar-refractivity contribution in [3.63, 3.8) is 0 Å². The van der Waals surface area contributed by atoms with Gasteiger partial charge in [0, 0.05) is 0 Å². The van der Waals surface area contributed by atoms with Gasteiger partial charge in [-0.25, -0.2) is 9.97 Å². The van der Waals surface area contributed by atoms with E-state index < -0.39 is 0 Å². The number of rotatable bonds is 4. The molecule has 0 spiro atoms. The molecule has 0 aliphatic heterocycles. The van der Waals surface area contributed by atoms with E-state index in [1.807, 2.05) is 36.4 Å². The van der Waals surface area contributed by atoms with Crippen LogP contribution < -0.4 is 0 Å². The molecular weight excluding hydrogens is 435 g/mol.